The molecule has 0 unspecified atom stereocenters. The Balaban J connectivity index is 1.72. The van der Waals surface area contributed by atoms with Crippen molar-refractivity contribution >= 4 is 39.1 Å². The Bertz CT molecular complexity index is 1410. The minimum absolute atomic E-state index is 0.0720. The fraction of sp³-hybridized carbons (Fsp3) is 0.355. The highest BCUT2D eigenvalue weighted by molar-refractivity contribution is 7.92. The number of anilines is 1. The van der Waals surface area contributed by atoms with Gasteiger partial charge < -0.3 is 10.2 Å². The van der Waals surface area contributed by atoms with Crippen LogP contribution >= 0.6 is 11.6 Å². The fourth-order valence-electron chi connectivity index (χ4n) is 5.11. The third-order valence-corrected chi connectivity index (χ3v) is 8.76. The number of amides is 2. The zero-order valence-corrected chi connectivity index (χ0v) is 24.5. The number of halogens is 1. The first kappa shape index (κ1) is 29.6. The van der Waals surface area contributed by atoms with E-state index in [1.165, 1.54) is 4.90 Å². The first-order valence-electron chi connectivity index (χ1n) is 13.5. The van der Waals surface area contributed by atoms with Crippen LogP contribution in [0, 0.1) is 6.92 Å². The van der Waals surface area contributed by atoms with Crippen molar-refractivity contribution in [2.45, 2.75) is 57.7 Å². The Morgan fingerprint density at radius 2 is 1.57 bits per heavy atom. The molecule has 0 spiro atoms. The highest BCUT2D eigenvalue weighted by atomic mass is 35.5. The van der Waals surface area contributed by atoms with Crippen LogP contribution in [0.5, 0.6) is 0 Å². The van der Waals surface area contributed by atoms with Gasteiger partial charge in [0.2, 0.25) is 21.8 Å². The van der Waals surface area contributed by atoms with Crippen LogP contribution < -0.4 is 9.62 Å². The number of aryl methyl sites for hydroxylation is 1. The molecule has 1 saturated carbocycles. The van der Waals surface area contributed by atoms with Gasteiger partial charge in [0.05, 0.1) is 11.9 Å². The zero-order chi connectivity index (χ0) is 28.7. The van der Waals surface area contributed by atoms with E-state index >= 15 is 0 Å². The van der Waals surface area contributed by atoms with Gasteiger partial charge >= 0.3 is 0 Å². The van der Waals surface area contributed by atoms with Gasteiger partial charge in [-0.25, -0.2) is 8.42 Å². The van der Waals surface area contributed by atoms with E-state index in [1.807, 2.05) is 61.5 Å². The minimum atomic E-state index is -3.82. The molecule has 212 valence electrons. The number of carbonyl (C=O) groups excluding carboxylic acids is 2. The molecular weight excluding hydrogens is 546 g/mol. The molecule has 3 aromatic rings. The van der Waals surface area contributed by atoms with Crippen LogP contribution in [0.15, 0.2) is 78.9 Å². The Hall–Kier alpha value is -3.36. The van der Waals surface area contributed by atoms with Gasteiger partial charge in [0, 0.05) is 24.0 Å². The molecule has 0 aromatic heterocycles. The van der Waals surface area contributed by atoms with Crippen molar-refractivity contribution in [2.75, 3.05) is 17.1 Å². The highest BCUT2D eigenvalue weighted by Crippen LogP contribution is 2.24. The standard InChI is InChI=1S/C31H36ClN3O4S/c1-23-10-6-7-13-25(23)21-34(30(36)22-35(40(2,38)39)28-18-16-26(32)17-19-28)29(20-24-11-4-3-5-12-24)31(37)33-27-14-8-9-15-27/h3-7,10-13,16-19,27,29H,8-9,14-15,20-22H2,1-2H3,(H,33,37)/t29-/m1/s1. The Morgan fingerprint density at radius 1 is 0.950 bits per heavy atom. The Morgan fingerprint density at radius 3 is 2.20 bits per heavy atom. The lowest BCUT2D eigenvalue weighted by Gasteiger charge is -2.34. The molecule has 0 radical (unpaired) electrons. The van der Waals surface area contributed by atoms with Gasteiger partial charge in [0.1, 0.15) is 12.6 Å². The predicted molar refractivity (Wildman–Crippen MR) is 160 cm³/mol. The van der Waals surface area contributed by atoms with Crippen LogP contribution in [-0.4, -0.2) is 50.0 Å². The van der Waals surface area contributed by atoms with Gasteiger partial charge in [-0.05, 0) is 60.7 Å². The SMILES string of the molecule is Cc1ccccc1CN(C(=O)CN(c1ccc(Cl)cc1)S(C)(=O)=O)[C@H](Cc1ccccc1)C(=O)NC1CCCC1. The Labute approximate surface area is 242 Å². The molecular formula is C31H36ClN3O4S. The van der Waals surface area contributed by atoms with Gasteiger partial charge in [-0.2, -0.15) is 0 Å². The number of hydrogen-bond donors (Lipinski definition) is 1. The van der Waals surface area contributed by atoms with E-state index in [9.17, 15) is 18.0 Å². The molecule has 40 heavy (non-hydrogen) atoms. The maximum atomic E-state index is 14.1. The van der Waals surface area contributed by atoms with Gasteiger partial charge in [-0.1, -0.05) is 79.0 Å². The van der Waals surface area contributed by atoms with Gasteiger partial charge in [-0.15, -0.1) is 0 Å². The molecule has 7 nitrogen and oxygen atoms in total. The topological polar surface area (TPSA) is 86.8 Å². The number of carbonyl (C=O) groups is 2. The van der Waals surface area contributed by atoms with Crippen molar-refractivity contribution < 1.29 is 18.0 Å². The number of nitrogens with one attached hydrogen (secondary N) is 1. The van der Waals surface area contributed by atoms with Crippen molar-refractivity contribution in [2.24, 2.45) is 0 Å². The predicted octanol–water partition coefficient (Wildman–Crippen LogP) is 5.11. The normalized spacial score (nSPS) is 14.5. The molecule has 4 rings (SSSR count). The van der Waals surface area contributed by atoms with E-state index in [0.717, 1.165) is 52.9 Å². The maximum absolute atomic E-state index is 14.1. The van der Waals surface area contributed by atoms with E-state index in [-0.39, 0.29) is 18.5 Å². The fourth-order valence-corrected chi connectivity index (χ4v) is 6.09. The van der Waals surface area contributed by atoms with Crippen molar-refractivity contribution in [3.63, 3.8) is 0 Å². The molecule has 9 heteroatoms. The molecule has 1 N–H and O–H groups in total. The van der Waals surface area contributed by atoms with Crippen molar-refractivity contribution in [3.8, 4) is 0 Å². The summed E-state index contributed by atoms with van der Waals surface area (Å²) in [5.74, 6) is -0.693. The van der Waals surface area contributed by atoms with Crippen LogP contribution in [-0.2, 0) is 32.6 Å². The second-order valence-electron chi connectivity index (χ2n) is 10.4. The number of sulfonamides is 1. The van der Waals surface area contributed by atoms with Crippen LogP contribution in [0.3, 0.4) is 0 Å². The van der Waals surface area contributed by atoms with Gasteiger partial charge in [-0.3, -0.25) is 13.9 Å². The van der Waals surface area contributed by atoms with E-state index in [0.29, 0.717) is 17.1 Å². The quantitative estimate of drug-likeness (QED) is 0.341. The second kappa shape index (κ2) is 13.3. The largest absolute Gasteiger partial charge is 0.352 e. The highest BCUT2D eigenvalue weighted by Gasteiger charge is 2.34. The third kappa shape index (κ3) is 7.86. The summed E-state index contributed by atoms with van der Waals surface area (Å²) in [6.07, 6.45) is 5.31. The summed E-state index contributed by atoms with van der Waals surface area (Å²) in [4.78, 5) is 29.5. The number of hydrogen-bond acceptors (Lipinski definition) is 4. The molecule has 3 aromatic carbocycles. The van der Waals surface area contributed by atoms with Gasteiger partial charge in [0.15, 0.2) is 0 Å². The molecule has 1 atom stereocenters. The van der Waals surface area contributed by atoms with Gasteiger partial charge in [0.25, 0.3) is 0 Å². The summed E-state index contributed by atoms with van der Waals surface area (Å²) in [6.45, 7) is 1.67. The number of benzene rings is 3. The van der Waals surface area contributed by atoms with E-state index in [1.54, 1.807) is 24.3 Å². The lowest BCUT2D eigenvalue weighted by atomic mass is 10.0. The molecule has 0 saturated heterocycles. The lowest BCUT2D eigenvalue weighted by Crippen LogP contribution is -2.54. The third-order valence-electron chi connectivity index (χ3n) is 7.37. The summed E-state index contributed by atoms with van der Waals surface area (Å²) in [6, 6.07) is 22.8. The smallest absolute Gasteiger partial charge is 0.244 e. The summed E-state index contributed by atoms with van der Waals surface area (Å²) in [7, 11) is -3.82. The molecule has 1 aliphatic carbocycles. The van der Waals surface area contributed by atoms with Crippen LogP contribution in [0.2, 0.25) is 5.02 Å². The van der Waals surface area contributed by atoms with Crippen molar-refractivity contribution in [1.82, 2.24) is 10.2 Å². The Kier molecular flexibility index (Phi) is 9.87. The summed E-state index contributed by atoms with van der Waals surface area (Å²) in [5, 5.41) is 3.63. The minimum Gasteiger partial charge on any atom is -0.352 e. The average molecular weight is 582 g/mol. The first-order valence-corrected chi connectivity index (χ1v) is 15.8. The average Bonchev–Trinajstić information content (AvgIpc) is 3.44. The van der Waals surface area contributed by atoms with Crippen LogP contribution in [0.25, 0.3) is 0 Å². The monoisotopic (exact) mass is 581 g/mol. The van der Waals surface area contributed by atoms with Crippen molar-refractivity contribution in [1.29, 1.82) is 0 Å². The van der Waals surface area contributed by atoms with E-state index < -0.39 is 28.5 Å². The molecule has 2 amide bonds. The second-order valence-corrected chi connectivity index (χ2v) is 12.7. The summed E-state index contributed by atoms with van der Waals surface area (Å²) < 4.78 is 26.8. The first-order chi connectivity index (χ1) is 19.1. The number of nitrogens with zero attached hydrogens (tertiary/aromatic N) is 2. The lowest BCUT2D eigenvalue weighted by molar-refractivity contribution is -0.140. The molecule has 0 aliphatic heterocycles. The van der Waals surface area contributed by atoms with Crippen LogP contribution in [0.1, 0.15) is 42.4 Å². The summed E-state index contributed by atoms with van der Waals surface area (Å²) >= 11 is 6.03. The molecule has 1 aliphatic rings. The molecule has 0 heterocycles. The maximum Gasteiger partial charge on any atom is 0.244 e. The number of rotatable bonds is 11. The molecule has 1 fully saturated rings. The van der Waals surface area contributed by atoms with E-state index in [4.69, 9.17) is 11.6 Å². The zero-order valence-electron chi connectivity index (χ0n) is 22.9. The van der Waals surface area contributed by atoms with Crippen molar-refractivity contribution in [3.05, 3.63) is 101 Å². The van der Waals surface area contributed by atoms with E-state index in [2.05, 4.69) is 5.32 Å². The summed E-state index contributed by atoms with van der Waals surface area (Å²) in [5.41, 5.74) is 3.10. The molecule has 0 bridgehead atoms. The van der Waals surface area contributed by atoms with Crippen LogP contribution in [0.4, 0.5) is 5.69 Å².